The van der Waals surface area contributed by atoms with Gasteiger partial charge in [-0.15, -0.1) is 0 Å². The van der Waals surface area contributed by atoms with Gasteiger partial charge >= 0.3 is 0 Å². The molecule has 1 N–H and O–H groups in total. The third kappa shape index (κ3) is 4.55. The molecule has 0 aromatic heterocycles. The second-order valence-corrected chi connectivity index (χ2v) is 9.09. The Bertz CT molecular complexity index is 749. The molecule has 8 heteroatoms. The van der Waals surface area contributed by atoms with E-state index in [0.717, 1.165) is 16.9 Å². The lowest BCUT2D eigenvalue weighted by molar-refractivity contribution is -0.126. The van der Waals surface area contributed by atoms with E-state index in [1.54, 1.807) is 7.11 Å². The predicted octanol–water partition coefficient (Wildman–Crippen LogP) is 1.70. The van der Waals surface area contributed by atoms with Gasteiger partial charge in [0.1, 0.15) is 5.75 Å². The number of hydrogen-bond acceptors (Lipinski definition) is 4. The summed E-state index contributed by atoms with van der Waals surface area (Å²) in [5, 5.41) is 3.02. The Labute approximate surface area is 156 Å². The molecule has 0 spiro atoms. The molecule has 1 aliphatic rings. The van der Waals surface area contributed by atoms with Crippen LogP contribution < -0.4 is 10.1 Å². The highest BCUT2D eigenvalue weighted by Gasteiger charge is 2.33. The molecule has 1 heterocycles. The molecule has 26 heavy (non-hydrogen) atoms. The standard InChI is InChI=1S/C18H29N3O4S/c1-13-11-15(8-9-17(13)25-5)14(2)19-18(22)16-7-6-10-21(12-16)26(23,24)20(3)4/h8-9,11,14,16H,6-7,10,12H2,1-5H3,(H,19,22). The summed E-state index contributed by atoms with van der Waals surface area (Å²) in [7, 11) is 1.16. The van der Waals surface area contributed by atoms with Crippen LogP contribution in [0.1, 0.15) is 36.9 Å². The number of hydrogen-bond donors (Lipinski definition) is 1. The van der Waals surface area contributed by atoms with E-state index in [1.165, 1.54) is 22.7 Å². The van der Waals surface area contributed by atoms with Crippen molar-refractivity contribution < 1.29 is 17.9 Å². The van der Waals surface area contributed by atoms with E-state index in [9.17, 15) is 13.2 Å². The highest BCUT2D eigenvalue weighted by atomic mass is 32.2. The van der Waals surface area contributed by atoms with E-state index in [-0.39, 0.29) is 24.4 Å². The number of piperidine rings is 1. The number of nitrogens with zero attached hydrogens (tertiary/aromatic N) is 2. The minimum atomic E-state index is -3.49. The minimum Gasteiger partial charge on any atom is -0.496 e. The molecule has 2 rings (SSSR count). The van der Waals surface area contributed by atoms with Gasteiger partial charge in [-0.2, -0.15) is 17.0 Å². The van der Waals surface area contributed by atoms with Crippen LogP contribution in [0.4, 0.5) is 0 Å². The zero-order valence-corrected chi connectivity index (χ0v) is 17.0. The van der Waals surface area contributed by atoms with Crippen LogP contribution in [0.3, 0.4) is 0 Å². The first-order valence-corrected chi connectivity index (χ1v) is 10.2. The van der Waals surface area contributed by atoms with Crippen molar-refractivity contribution in [3.05, 3.63) is 29.3 Å². The topological polar surface area (TPSA) is 79.0 Å². The van der Waals surface area contributed by atoms with Crippen molar-refractivity contribution >= 4 is 16.1 Å². The maximum atomic E-state index is 12.7. The molecule has 1 saturated heterocycles. The summed E-state index contributed by atoms with van der Waals surface area (Å²) >= 11 is 0. The van der Waals surface area contributed by atoms with Crippen LogP contribution in [0.25, 0.3) is 0 Å². The first-order valence-electron chi connectivity index (χ1n) is 8.79. The van der Waals surface area contributed by atoms with Gasteiger partial charge in [-0.1, -0.05) is 12.1 Å². The molecule has 1 aliphatic heterocycles. The number of carbonyl (C=O) groups excluding carboxylic acids is 1. The fraction of sp³-hybridized carbons (Fsp3) is 0.611. The fourth-order valence-electron chi connectivity index (χ4n) is 3.18. The summed E-state index contributed by atoms with van der Waals surface area (Å²) in [6, 6.07) is 5.65. The van der Waals surface area contributed by atoms with Crippen LogP contribution in [0.5, 0.6) is 5.75 Å². The molecule has 0 bridgehead atoms. The molecule has 1 aromatic carbocycles. The lowest BCUT2D eigenvalue weighted by Gasteiger charge is -2.33. The summed E-state index contributed by atoms with van der Waals surface area (Å²) in [5.41, 5.74) is 2.00. The second-order valence-electron chi connectivity index (χ2n) is 6.95. The third-order valence-electron chi connectivity index (χ3n) is 4.82. The molecule has 1 fully saturated rings. The lowest BCUT2D eigenvalue weighted by atomic mass is 9.97. The number of nitrogens with one attached hydrogen (secondary N) is 1. The molecule has 0 radical (unpaired) electrons. The number of aryl methyl sites for hydroxylation is 1. The number of ether oxygens (including phenoxy) is 1. The average Bonchev–Trinajstić information content (AvgIpc) is 2.61. The number of amides is 1. The maximum Gasteiger partial charge on any atom is 0.281 e. The largest absolute Gasteiger partial charge is 0.496 e. The van der Waals surface area contributed by atoms with Crippen LogP contribution in [0, 0.1) is 12.8 Å². The quantitative estimate of drug-likeness (QED) is 0.811. The fourth-order valence-corrected chi connectivity index (χ4v) is 4.37. The van der Waals surface area contributed by atoms with Gasteiger partial charge in [0, 0.05) is 27.2 Å². The van der Waals surface area contributed by atoms with E-state index in [1.807, 2.05) is 32.0 Å². The highest BCUT2D eigenvalue weighted by Crippen LogP contribution is 2.24. The zero-order valence-electron chi connectivity index (χ0n) is 16.2. The Kier molecular flexibility index (Phi) is 6.65. The first-order chi connectivity index (χ1) is 12.2. The van der Waals surface area contributed by atoms with E-state index in [0.29, 0.717) is 19.4 Å². The molecule has 0 aliphatic carbocycles. The first kappa shape index (κ1) is 20.7. The molecule has 146 valence electrons. The van der Waals surface area contributed by atoms with Gasteiger partial charge in [0.2, 0.25) is 5.91 Å². The van der Waals surface area contributed by atoms with Crippen LogP contribution >= 0.6 is 0 Å². The van der Waals surface area contributed by atoms with Crippen molar-refractivity contribution in [1.29, 1.82) is 0 Å². The van der Waals surface area contributed by atoms with Crippen molar-refractivity contribution in [1.82, 2.24) is 13.9 Å². The van der Waals surface area contributed by atoms with Crippen molar-refractivity contribution in [3.63, 3.8) is 0 Å². The van der Waals surface area contributed by atoms with E-state index >= 15 is 0 Å². The maximum absolute atomic E-state index is 12.7. The van der Waals surface area contributed by atoms with Gasteiger partial charge in [-0.25, -0.2) is 0 Å². The van der Waals surface area contributed by atoms with Gasteiger partial charge in [-0.05, 0) is 43.9 Å². The summed E-state index contributed by atoms with van der Waals surface area (Å²) < 4.78 is 32.5. The van der Waals surface area contributed by atoms with E-state index in [2.05, 4.69) is 5.32 Å². The molecular weight excluding hydrogens is 354 g/mol. The number of rotatable bonds is 6. The van der Waals surface area contributed by atoms with Crippen molar-refractivity contribution in [2.75, 3.05) is 34.3 Å². The highest BCUT2D eigenvalue weighted by molar-refractivity contribution is 7.86. The molecule has 2 atom stereocenters. The Morgan fingerprint density at radius 1 is 1.38 bits per heavy atom. The van der Waals surface area contributed by atoms with Crippen molar-refractivity contribution in [3.8, 4) is 5.75 Å². The Hall–Kier alpha value is -1.64. The predicted molar refractivity (Wildman–Crippen MR) is 101 cm³/mol. The number of benzene rings is 1. The third-order valence-corrected chi connectivity index (χ3v) is 6.73. The molecule has 0 saturated carbocycles. The van der Waals surface area contributed by atoms with Gasteiger partial charge in [0.15, 0.2) is 0 Å². The lowest BCUT2D eigenvalue weighted by Crippen LogP contribution is -2.49. The zero-order chi connectivity index (χ0) is 19.5. The Morgan fingerprint density at radius 3 is 2.65 bits per heavy atom. The molecule has 1 amide bonds. The minimum absolute atomic E-state index is 0.107. The summed E-state index contributed by atoms with van der Waals surface area (Å²) in [6.45, 7) is 4.57. The Morgan fingerprint density at radius 2 is 2.08 bits per heavy atom. The van der Waals surface area contributed by atoms with Crippen LogP contribution in [-0.2, 0) is 15.0 Å². The SMILES string of the molecule is COc1ccc(C(C)NC(=O)C2CCCN(S(=O)(=O)N(C)C)C2)cc1C. The van der Waals surface area contributed by atoms with E-state index < -0.39 is 10.2 Å². The molecule has 1 aromatic rings. The van der Waals surface area contributed by atoms with Gasteiger partial charge in [0.05, 0.1) is 19.1 Å². The van der Waals surface area contributed by atoms with Crippen molar-refractivity contribution in [2.45, 2.75) is 32.7 Å². The smallest absolute Gasteiger partial charge is 0.281 e. The van der Waals surface area contributed by atoms with Crippen LogP contribution in [0.2, 0.25) is 0 Å². The average molecular weight is 384 g/mol. The second kappa shape index (κ2) is 8.37. The monoisotopic (exact) mass is 383 g/mol. The molecule has 7 nitrogen and oxygen atoms in total. The van der Waals surface area contributed by atoms with Crippen LogP contribution in [-0.4, -0.2) is 57.2 Å². The van der Waals surface area contributed by atoms with E-state index in [4.69, 9.17) is 4.74 Å². The normalized spacial score (nSPS) is 20.0. The summed E-state index contributed by atoms with van der Waals surface area (Å²) in [6.07, 6.45) is 1.38. The number of carbonyl (C=O) groups is 1. The van der Waals surface area contributed by atoms with Crippen LogP contribution in [0.15, 0.2) is 18.2 Å². The molecular formula is C18H29N3O4S. The Balaban J connectivity index is 2.03. The summed E-state index contributed by atoms with van der Waals surface area (Å²) in [4.78, 5) is 12.7. The summed E-state index contributed by atoms with van der Waals surface area (Å²) in [5.74, 6) is 0.369. The van der Waals surface area contributed by atoms with Gasteiger partial charge < -0.3 is 10.1 Å². The van der Waals surface area contributed by atoms with Gasteiger partial charge in [0.25, 0.3) is 10.2 Å². The van der Waals surface area contributed by atoms with Gasteiger partial charge in [-0.3, -0.25) is 4.79 Å². The van der Waals surface area contributed by atoms with Crippen molar-refractivity contribution in [2.24, 2.45) is 5.92 Å². The molecule has 2 unspecified atom stereocenters. The number of methoxy groups -OCH3 is 1.